The highest BCUT2D eigenvalue weighted by molar-refractivity contribution is 5.83. The van der Waals surface area contributed by atoms with Crippen molar-refractivity contribution in [1.82, 2.24) is 0 Å². The van der Waals surface area contributed by atoms with Crippen molar-refractivity contribution in [2.75, 3.05) is 5.43 Å². The molecule has 0 bridgehead atoms. The second kappa shape index (κ2) is 6.29. The number of carbonyl (C=O) groups excluding carboxylic acids is 1. The Labute approximate surface area is 70.5 Å². The highest BCUT2D eigenvalue weighted by Crippen LogP contribution is 2.09. The van der Waals surface area contributed by atoms with Crippen molar-refractivity contribution < 1.29 is 4.79 Å². The quantitative estimate of drug-likeness (QED) is 0.273. The SMILES string of the molecule is NN.NNc1ccccc1C=O. The van der Waals surface area contributed by atoms with Gasteiger partial charge < -0.3 is 5.43 Å². The van der Waals surface area contributed by atoms with Gasteiger partial charge in [-0.25, -0.2) is 0 Å². The van der Waals surface area contributed by atoms with Gasteiger partial charge in [0.05, 0.1) is 5.69 Å². The lowest BCUT2D eigenvalue weighted by atomic mass is 10.2. The summed E-state index contributed by atoms with van der Waals surface area (Å²) in [6.45, 7) is 0. The Morgan fingerprint density at radius 3 is 2.25 bits per heavy atom. The number of hydrogen-bond donors (Lipinski definition) is 4. The Kier molecular flexibility index (Phi) is 5.54. The van der Waals surface area contributed by atoms with E-state index in [0.717, 1.165) is 6.29 Å². The van der Waals surface area contributed by atoms with Gasteiger partial charge in [0.2, 0.25) is 0 Å². The minimum Gasteiger partial charge on any atom is -0.323 e. The van der Waals surface area contributed by atoms with E-state index in [4.69, 9.17) is 5.84 Å². The molecule has 5 nitrogen and oxygen atoms in total. The molecule has 1 aromatic carbocycles. The maximum absolute atomic E-state index is 10.3. The summed E-state index contributed by atoms with van der Waals surface area (Å²) < 4.78 is 0. The summed E-state index contributed by atoms with van der Waals surface area (Å²) in [5.74, 6) is 13.1. The van der Waals surface area contributed by atoms with Gasteiger partial charge >= 0.3 is 0 Å². The van der Waals surface area contributed by atoms with Gasteiger partial charge in [-0.2, -0.15) is 0 Å². The monoisotopic (exact) mass is 168 g/mol. The van der Waals surface area contributed by atoms with Crippen LogP contribution in [-0.2, 0) is 0 Å². The molecule has 0 aliphatic carbocycles. The third kappa shape index (κ3) is 2.67. The summed E-state index contributed by atoms with van der Waals surface area (Å²) in [6, 6.07) is 7.03. The highest BCUT2D eigenvalue weighted by atomic mass is 16.1. The Bertz CT molecular complexity index is 239. The fraction of sp³-hybridized carbons (Fsp3) is 0. The van der Waals surface area contributed by atoms with Crippen molar-refractivity contribution in [3.05, 3.63) is 29.8 Å². The van der Waals surface area contributed by atoms with Crippen LogP contribution in [0.4, 0.5) is 5.69 Å². The maximum Gasteiger partial charge on any atom is 0.152 e. The van der Waals surface area contributed by atoms with Crippen LogP contribution in [0, 0.1) is 0 Å². The molecular formula is C7H12N4O. The van der Waals surface area contributed by atoms with Gasteiger partial charge in [0.25, 0.3) is 0 Å². The van der Waals surface area contributed by atoms with Crippen molar-refractivity contribution in [2.45, 2.75) is 0 Å². The van der Waals surface area contributed by atoms with E-state index in [-0.39, 0.29) is 0 Å². The molecule has 0 heterocycles. The average molecular weight is 168 g/mol. The number of hydrazine groups is 2. The highest BCUT2D eigenvalue weighted by Gasteiger charge is 1.94. The summed E-state index contributed by atoms with van der Waals surface area (Å²) in [5.41, 5.74) is 3.64. The van der Waals surface area contributed by atoms with Crippen molar-refractivity contribution in [3.63, 3.8) is 0 Å². The van der Waals surface area contributed by atoms with Crippen LogP contribution in [0.3, 0.4) is 0 Å². The molecule has 5 heteroatoms. The van der Waals surface area contributed by atoms with E-state index in [1.54, 1.807) is 18.2 Å². The second-order valence-corrected chi connectivity index (χ2v) is 1.85. The number of nitrogens with two attached hydrogens (primary N) is 3. The minimum absolute atomic E-state index is 0.574. The van der Waals surface area contributed by atoms with Crippen molar-refractivity contribution in [2.24, 2.45) is 17.5 Å². The fourth-order valence-electron chi connectivity index (χ4n) is 0.731. The summed E-state index contributed by atoms with van der Waals surface area (Å²) in [5, 5.41) is 0. The van der Waals surface area contributed by atoms with Gasteiger partial charge in [-0.15, -0.1) is 0 Å². The molecule has 0 unspecified atom stereocenters. The van der Waals surface area contributed by atoms with E-state index in [1.807, 2.05) is 6.07 Å². The number of carbonyl (C=O) groups is 1. The van der Waals surface area contributed by atoms with E-state index in [1.165, 1.54) is 0 Å². The molecule has 7 N–H and O–H groups in total. The molecule has 0 aromatic heterocycles. The number of benzene rings is 1. The van der Waals surface area contributed by atoms with Crippen LogP contribution >= 0.6 is 0 Å². The summed E-state index contributed by atoms with van der Waals surface area (Å²) >= 11 is 0. The lowest BCUT2D eigenvalue weighted by Crippen LogP contribution is -2.08. The van der Waals surface area contributed by atoms with Gasteiger partial charge in [-0.3, -0.25) is 22.3 Å². The first-order chi connectivity index (χ1) is 5.88. The number of para-hydroxylation sites is 1. The zero-order valence-electron chi connectivity index (χ0n) is 6.53. The molecule has 0 radical (unpaired) electrons. The molecule has 0 saturated heterocycles. The minimum atomic E-state index is 0.574. The number of rotatable bonds is 2. The molecule has 0 aliphatic heterocycles. The number of anilines is 1. The van der Waals surface area contributed by atoms with E-state index in [0.29, 0.717) is 11.3 Å². The van der Waals surface area contributed by atoms with Crippen LogP contribution in [0.5, 0.6) is 0 Å². The van der Waals surface area contributed by atoms with E-state index in [9.17, 15) is 4.79 Å². The van der Waals surface area contributed by atoms with Crippen LogP contribution in [0.1, 0.15) is 10.4 Å². The molecule has 66 valence electrons. The lowest BCUT2D eigenvalue weighted by Gasteiger charge is -2.00. The van der Waals surface area contributed by atoms with Crippen molar-refractivity contribution in [3.8, 4) is 0 Å². The Morgan fingerprint density at radius 1 is 1.25 bits per heavy atom. The summed E-state index contributed by atoms with van der Waals surface area (Å²) in [7, 11) is 0. The topological polar surface area (TPSA) is 107 Å². The Morgan fingerprint density at radius 2 is 1.83 bits per heavy atom. The summed E-state index contributed by atoms with van der Waals surface area (Å²) in [6.07, 6.45) is 0.759. The molecule has 0 fully saturated rings. The van der Waals surface area contributed by atoms with Crippen LogP contribution in [0.15, 0.2) is 24.3 Å². The largest absolute Gasteiger partial charge is 0.323 e. The molecule has 1 rings (SSSR count). The van der Waals surface area contributed by atoms with Crippen LogP contribution < -0.4 is 23.0 Å². The lowest BCUT2D eigenvalue weighted by molar-refractivity contribution is 0.112. The van der Waals surface area contributed by atoms with Crippen LogP contribution in [-0.4, -0.2) is 6.29 Å². The van der Waals surface area contributed by atoms with Gasteiger partial charge in [0.1, 0.15) is 0 Å². The van der Waals surface area contributed by atoms with Gasteiger partial charge in [0.15, 0.2) is 6.29 Å². The Hall–Kier alpha value is -1.43. The predicted octanol–water partition coefficient (Wildman–Crippen LogP) is -0.396. The molecule has 0 spiro atoms. The smallest absolute Gasteiger partial charge is 0.152 e. The van der Waals surface area contributed by atoms with E-state index in [2.05, 4.69) is 17.1 Å². The first kappa shape index (κ1) is 10.6. The third-order valence-electron chi connectivity index (χ3n) is 1.24. The van der Waals surface area contributed by atoms with Crippen molar-refractivity contribution >= 4 is 12.0 Å². The predicted molar refractivity (Wildman–Crippen MR) is 48.0 cm³/mol. The van der Waals surface area contributed by atoms with Gasteiger partial charge in [-0.1, -0.05) is 12.1 Å². The molecular weight excluding hydrogens is 156 g/mol. The Balaban J connectivity index is 0.000000561. The van der Waals surface area contributed by atoms with E-state index < -0.39 is 0 Å². The number of nitrogen functional groups attached to an aromatic ring is 1. The molecule has 0 atom stereocenters. The van der Waals surface area contributed by atoms with Gasteiger partial charge in [0, 0.05) is 5.56 Å². The molecule has 12 heavy (non-hydrogen) atoms. The maximum atomic E-state index is 10.3. The van der Waals surface area contributed by atoms with Gasteiger partial charge in [-0.05, 0) is 12.1 Å². The zero-order valence-corrected chi connectivity index (χ0v) is 6.53. The van der Waals surface area contributed by atoms with Crippen molar-refractivity contribution in [1.29, 1.82) is 0 Å². The van der Waals surface area contributed by atoms with Crippen LogP contribution in [0.25, 0.3) is 0 Å². The first-order valence-corrected chi connectivity index (χ1v) is 3.22. The standard InChI is InChI=1S/C7H8N2O.H4N2/c8-9-7-4-2-1-3-6(7)5-10;1-2/h1-5,9H,8H2;1-2H2. The number of hydrogen-bond acceptors (Lipinski definition) is 5. The molecule has 0 aliphatic rings. The zero-order chi connectivity index (χ0) is 9.40. The number of aldehydes is 1. The van der Waals surface area contributed by atoms with Crippen LogP contribution in [0.2, 0.25) is 0 Å². The third-order valence-corrected chi connectivity index (χ3v) is 1.24. The second-order valence-electron chi connectivity index (χ2n) is 1.85. The average Bonchev–Trinajstić information content (AvgIpc) is 2.20. The number of nitrogens with one attached hydrogen (secondary N) is 1. The summed E-state index contributed by atoms with van der Waals surface area (Å²) in [4.78, 5) is 10.3. The first-order valence-electron chi connectivity index (χ1n) is 3.22. The fourth-order valence-corrected chi connectivity index (χ4v) is 0.731. The molecule has 0 saturated carbocycles. The normalized spacial score (nSPS) is 7.92. The molecule has 0 amide bonds. The van der Waals surface area contributed by atoms with E-state index >= 15 is 0 Å². The molecule has 1 aromatic rings.